The van der Waals surface area contributed by atoms with Crippen molar-refractivity contribution in [3.05, 3.63) is 35.9 Å². The van der Waals surface area contributed by atoms with Crippen LogP contribution in [0.5, 0.6) is 0 Å². The molecule has 0 fully saturated rings. The first kappa shape index (κ1) is 8.65. The van der Waals surface area contributed by atoms with Gasteiger partial charge in [0.25, 0.3) is 0 Å². The molecule has 0 radical (unpaired) electrons. The number of carbonyl (C=O) groups excluding carboxylic acids is 1. The third-order valence-corrected chi connectivity index (χ3v) is 1.70. The number of hydrogen-bond acceptors (Lipinski definition) is 2. The van der Waals surface area contributed by atoms with E-state index < -0.39 is 0 Å². The Balaban J connectivity index is 2.94. The lowest BCUT2D eigenvalue weighted by Gasteiger charge is -1.97. The minimum absolute atomic E-state index is 0.00176. The fraction of sp³-hybridized carbons (Fsp3) is 0.200. The smallest absolute Gasteiger partial charge is 0.206 e. The zero-order chi connectivity index (χ0) is 8.97. The van der Waals surface area contributed by atoms with E-state index in [2.05, 4.69) is 4.99 Å². The average molecular weight is 161 g/mol. The topological polar surface area (TPSA) is 29.4 Å². The van der Waals surface area contributed by atoms with E-state index >= 15 is 0 Å². The normalized spacial score (nSPS) is 11.3. The van der Waals surface area contributed by atoms with Crippen molar-refractivity contribution in [2.45, 2.75) is 6.92 Å². The molecule has 2 heteroatoms. The summed E-state index contributed by atoms with van der Waals surface area (Å²) in [4.78, 5) is 15.3. The van der Waals surface area contributed by atoms with Crippen molar-refractivity contribution in [3.63, 3.8) is 0 Å². The molecule has 0 aromatic heterocycles. The molecule has 0 saturated carbocycles. The van der Waals surface area contributed by atoms with Gasteiger partial charge in [0, 0.05) is 12.6 Å². The van der Waals surface area contributed by atoms with Gasteiger partial charge in [-0.1, -0.05) is 30.3 Å². The van der Waals surface area contributed by atoms with Gasteiger partial charge in [0.15, 0.2) is 0 Å². The lowest BCUT2D eigenvalue weighted by molar-refractivity contribution is 0.106. The lowest BCUT2D eigenvalue weighted by Crippen LogP contribution is -2.09. The maximum atomic E-state index is 11.4. The van der Waals surface area contributed by atoms with Crippen molar-refractivity contribution >= 4 is 11.5 Å². The van der Waals surface area contributed by atoms with Gasteiger partial charge in [-0.3, -0.25) is 9.79 Å². The van der Waals surface area contributed by atoms with E-state index in [-0.39, 0.29) is 5.78 Å². The van der Waals surface area contributed by atoms with Crippen LogP contribution in [0.3, 0.4) is 0 Å². The molecule has 12 heavy (non-hydrogen) atoms. The third-order valence-electron chi connectivity index (χ3n) is 1.70. The summed E-state index contributed by atoms with van der Waals surface area (Å²) in [6, 6.07) is 9.15. The Morgan fingerprint density at radius 1 is 1.25 bits per heavy atom. The van der Waals surface area contributed by atoms with Crippen LogP contribution in [-0.4, -0.2) is 18.5 Å². The summed E-state index contributed by atoms with van der Waals surface area (Å²) in [5.41, 5.74) is 1.24. The van der Waals surface area contributed by atoms with E-state index in [1.807, 2.05) is 18.2 Å². The maximum absolute atomic E-state index is 11.4. The van der Waals surface area contributed by atoms with Crippen molar-refractivity contribution < 1.29 is 4.79 Å². The Morgan fingerprint density at radius 3 is 2.33 bits per heavy atom. The number of carbonyl (C=O) groups is 1. The van der Waals surface area contributed by atoms with Gasteiger partial charge >= 0.3 is 0 Å². The summed E-state index contributed by atoms with van der Waals surface area (Å²) in [5, 5.41) is 0. The van der Waals surface area contributed by atoms with E-state index in [0.29, 0.717) is 11.3 Å². The standard InChI is InChI=1S/C10H11NO/c1-8(11-2)10(12)9-6-4-3-5-7-9/h3-7H,1-2H3/b11-8+. The molecule has 0 heterocycles. The summed E-state index contributed by atoms with van der Waals surface area (Å²) in [7, 11) is 1.62. The lowest BCUT2D eigenvalue weighted by atomic mass is 10.1. The molecule has 1 rings (SSSR count). The van der Waals surface area contributed by atoms with Crippen molar-refractivity contribution in [1.82, 2.24) is 0 Å². The van der Waals surface area contributed by atoms with E-state index in [9.17, 15) is 4.79 Å². The first-order valence-electron chi connectivity index (χ1n) is 3.79. The zero-order valence-corrected chi connectivity index (χ0v) is 7.24. The number of aliphatic imine (C=N–C) groups is 1. The van der Waals surface area contributed by atoms with Gasteiger partial charge in [-0.25, -0.2) is 0 Å². The SMILES string of the molecule is C/N=C(\C)C(=O)c1ccccc1. The van der Waals surface area contributed by atoms with Gasteiger partial charge in [-0.15, -0.1) is 0 Å². The van der Waals surface area contributed by atoms with Crippen molar-refractivity contribution in [2.75, 3.05) is 7.05 Å². The number of nitrogens with zero attached hydrogens (tertiary/aromatic N) is 1. The predicted molar refractivity (Wildman–Crippen MR) is 49.8 cm³/mol. The Hall–Kier alpha value is -1.44. The largest absolute Gasteiger partial charge is 0.289 e. The highest BCUT2D eigenvalue weighted by atomic mass is 16.1. The van der Waals surface area contributed by atoms with Gasteiger partial charge in [-0.05, 0) is 6.92 Å². The molecule has 0 aliphatic carbocycles. The highest BCUT2D eigenvalue weighted by Crippen LogP contribution is 2.00. The quantitative estimate of drug-likeness (QED) is 0.481. The summed E-state index contributed by atoms with van der Waals surface area (Å²) >= 11 is 0. The summed E-state index contributed by atoms with van der Waals surface area (Å²) in [6.07, 6.45) is 0. The first-order valence-corrected chi connectivity index (χ1v) is 3.79. The predicted octanol–water partition coefficient (Wildman–Crippen LogP) is 1.96. The highest BCUT2D eigenvalue weighted by molar-refractivity contribution is 6.45. The second kappa shape index (κ2) is 3.81. The number of benzene rings is 1. The van der Waals surface area contributed by atoms with E-state index in [4.69, 9.17) is 0 Å². The highest BCUT2D eigenvalue weighted by Gasteiger charge is 2.06. The minimum Gasteiger partial charge on any atom is -0.289 e. The Kier molecular flexibility index (Phi) is 2.75. The van der Waals surface area contributed by atoms with Crippen LogP contribution in [0.4, 0.5) is 0 Å². The molecule has 0 unspecified atom stereocenters. The molecule has 2 nitrogen and oxygen atoms in total. The number of hydrogen-bond donors (Lipinski definition) is 0. The van der Waals surface area contributed by atoms with Crippen LogP contribution in [0, 0.1) is 0 Å². The van der Waals surface area contributed by atoms with Gasteiger partial charge in [-0.2, -0.15) is 0 Å². The number of rotatable bonds is 2. The van der Waals surface area contributed by atoms with Gasteiger partial charge in [0.2, 0.25) is 5.78 Å². The molecule has 0 atom stereocenters. The minimum atomic E-state index is -0.00176. The molecular weight excluding hydrogens is 150 g/mol. The second-order valence-corrected chi connectivity index (χ2v) is 2.50. The van der Waals surface area contributed by atoms with E-state index in [0.717, 1.165) is 0 Å². The molecule has 0 saturated heterocycles. The average Bonchev–Trinajstić information content (AvgIpc) is 2.17. The molecule has 0 bridgehead atoms. The van der Waals surface area contributed by atoms with Gasteiger partial charge in [0.05, 0.1) is 5.71 Å². The summed E-state index contributed by atoms with van der Waals surface area (Å²) in [5.74, 6) is -0.00176. The molecule has 0 aliphatic rings. The molecular formula is C10H11NO. The molecule has 1 aromatic carbocycles. The fourth-order valence-corrected chi connectivity index (χ4v) is 0.900. The Bertz CT molecular complexity index is 301. The molecule has 1 aromatic rings. The summed E-state index contributed by atoms with van der Waals surface area (Å²) < 4.78 is 0. The molecule has 0 amide bonds. The van der Waals surface area contributed by atoms with Crippen LogP contribution in [0.1, 0.15) is 17.3 Å². The number of Topliss-reactive ketones (excluding diaryl/α,β-unsaturated/α-hetero) is 1. The Morgan fingerprint density at radius 2 is 1.83 bits per heavy atom. The number of ketones is 1. The molecule has 0 aliphatic heterocycles. The van der Waals surface area contributed by atoms with Crippen molar-refractivity contribution in [3.8, 4) is 0 Å². The van der Waals surface area contributed by atoms with E-state index in [1.165, 1.54) is 0 Å². The third kappa shape index (κ3) is 1.78. The first-order chi connectivity index (χ1) is 5.75. The van der Waals surface area contributed by atoms with Gasteiger partial charge < -0.3 is 0 Å². The van der Waals surface area contributed by atoms with Crippen molar-refractivity contribution in [2.24, 2.45) is 4.99 Å². The Labute approximate surface area is 71.9 Å². The van der Waals surface area contributed by atoms with Crippen LogP contribution in [0.25, 0.3) is 0 Å². The second-order valence-electron chi connectivity index (χ2n) is 2.50. The summed E-state index contributed by atoms with van der Waals surface area (Å²) in [6.45, 7) is 1.72. The molecule has 62 valence electrons. The van der Waals surface area contributed by atoms with Crippen LogP contribution in [0.15, 0.2) is 35.3 Å². The van der Waals surface area contributed by atoms with Crippen LogP contribution in [0.2, 0.25) is 0 Å². The molecule has 0 N–H and O–H groups in total. The van der Waals surface area contributed by atoms with Crippen LogP contribution < -0.4 is 0 Å². The van der Waals surface area contributed by atoms with Crippen LogP contribution in [-0.2, 0) is 0 Å². The monoisotopic (exact) mass is 161 g/mol. The molecule has 0 spiro atoms. The maximum Gasteiger partial charge on any atom is 0.206 e. The van der Waals surface area contributed by atoms with E-state index in [1.54, 1.807) is 26.1 Å². The fourth-order valence-electron chi connectivity index (χ4n) is 0.900. The van der Waals surface area contributed by atoms with Crippen molar-refractivity contribution in [1.29, 1.82) is 0 Å². The van der Waals surface area contributed by atoms with Gasteiger partial charge in [0.1, 0.15) is 0 Å². The van der Waals surface area contributed by atoms with Crippen LogP contribution >= 0.6 is 0 Å². The zero-order valence-electron chi connectivity index (χ0n) is 7.24.